The molecule has 0 unspecified atom stereocenters. The number of aromatic nitrogens is 2. The van der Waals surface area contributed by atoms with Crippen molar-refractivity contribution in [3.8, 4) is 0 Å². The fraction of sp³-hybridized carbons (Fsp3) is 0.667. The van der Waals surface area contributed by atoms with Crippen molar-refractivity contribution in [2.45, 2.75) is 39.5 Å². The molecule has 0 atom stereocenters. The first kappa shape index (κ1) is 13.9. The molecule has 2 aromatic rings. The molecule has 0 saturated carbocycles. The van der Waals surface area contributed by atoms with Crippen molar-refractivity contribution in [1.82, 2.24) is 9.38 Å². The van der Waals surface area contributed by atoms with Crippen molar-refractivity contribution in [1.29, 1.82) is 0 Å². The zero-order chi connectivity index (χ0) is 14.2. The van der Waals surface area contributed by atoms with Crippen LogP contribution in [-0.4, -0.2) is 29.0 Å². The second kappa shape index (κ2) is 5.37. The van der Waals surface area contributed by atoms with Gasteiger partial charge in [-0.1, -0.05) is 20.3 Å². The largest absolute Gasteiger partial charge is 0.355 e. The summed E-state index contributed by atoms with van der Waals surface area (Å²) in [5.41, 5.74) is 7.58. The quantitative estimate of drug-likeness (QED) is 0.942. The molecule has 1 saturated heterocycles. The summed E-state index contributed by atoms with van der Waals surface area (Å²) < 4.78 is 2.21. The molecule has 0 bridgehead atoms. The lowest BCUT2D eigenvalue weighted by Crippen LogP contribution is -2.39. The predicted molar refractivity (Wildman–Crippen MR) is 85.7 cm³/mol. The van der Waals surface area contributed by atoms with Gasteiger partial charge in [0, 0.05) is 31.1 Å². The maximum Gasteiger partial charge on any atom is 0.195 e. The minimum Gasteiger partial charge on any atom is -0.355 e. The van der Waals surface area contributed by atoms with Crippen LogP contribution in [0, 0.1) is 5.41 Å². The summed E-state index contributed by atoms with van der Waals surface area (Å²) in [6.45, 7) is 7.63. The van der Waals surface area contributed by atoms with Gasteiger partial charge in [0.05, 0.1) is 5.69 Å². The SMILES string of the molecule is CCC1(C)CCN(c2nc3sccn3c2CCN)CC1. The van der Waals surface area contributed by atoms with Crippen molar-refractivity contribution in [3.63, 3.8) is 0 Å². The third-order valence-electron chi connectivity index (χ3n) is 4.84. The summed E-state index contributed by atoms with van der Waals surface area (Å²) in [6, 6.07) is 0. The second-order valence-electron chi connectivity index (χ2n) is 6.13. The van der Waals surface area contributed by atoms with Gasteiger partial charge >= 0.3 is 0 Å². The van der Waals surface area contributed by atoms with Gasteiger partial charge in [-0.15, -0.1) is 11.3 Å². The smallest absolute Gasteiger partial charge is 0.195 e. The van der Waals surface area contributed by atoms with Gasteiger partial charge in [0.25, 0.3) is 0 Å². The van der Waals surface area contributed by atoms with E-state index in [1.54, 1.807) is 11.3 Å². The summed E-state index contributed by atoms with van der Waals surface area (Å²) in [5.74, 6) is 1.17. The molecular formula is C15H24N4S. The Bertz CT molecular complexity index is 578. The number of hydrogen-bond donors (Lipinski definition) is 1. The van der Waals surface area contributed by atoms with Crippen molar-refractivity contribution in [3.05, 3.63) is 17.3 Å². The maximum absolute atomic E-state index is 5.79. The average molecular weight is 292 g/mol. The van der Waals surface area contributed by atoms with Gasteiger partial charge in [0.1, 0.15) is 0 Å². The third kappa shape index (κ3) is 2.33. The van der Waals surface area contributed by atoms with E-state index in [1.165, 1.54) is 30.8 Å². The van der Waals surface area contributed by atoms with Crippen LogP contribution in [0.1, 0.15) is 38.8 Å². The number of thiazole rings is 1. The number of nitrogens with zero attached hydrogens (tertiary/aromatic N) is 3. The predicted octanol–water partition coefficient (Wildman–Crippen LogP) is 2.91. The molecule has 20 heavy (non-hydrogen) atoms. The van der Waals surface area contributed by atoms with Crippen molar-refractivity contribution < 1.29 is 0 Å². The lowest BCUT2D eigenvalue weighted by Gasteiger charge is -2.39. The summed E-state index contributed by atoms with van der Waals surface area (Å²) in [5, 5.41) is 2.09. The Morgan fingerprint density at radius 3 is 2.80 bits per heavy atom. The molecule has 1 aliphatic rings. The number of fused-ring (bicyclic) bond motifs is 1. The van der Waals surface area contributed by atoms with Crippen LogP contribution in [0.3, 0.4) is 0 Å². The van der Waals surface area contributed by atoms with Crippen LogP contribution in [0.5, 0.6) is 0 Å². The Balaban J connectivity index is 1.87. The standard InChI is InChI=1S/C15H24N4S/c1-3-15(2)5-8-18(9-6-15)13-12(4-7-16)19-10-11-20-14(19)17-13/h10-11H,3-9,16H2,1-2H3. The number of anilines is 1. The van der Waals surface area contributed by atoms with E-state index in [-0.39, 0.29) is 0 Å². The molecular weight excluding hydrogens is 268 g/mol. The monoisotopic (exact) mass is 292 g/mol. The van der Waals surface area contributed by atoms with E-state index in [0.29, 0.717) is 12.0 Å². The number of hydrogen-bond acceptors (Lipinski definition) is 4. The second-order valence-corrected chi connectivity index (χ2v) is 7.00. The molecule has 3 rings (SSSR count). The van der Waals surface area contributed by atoms with E-state index < -0.39 is 0 Å². The van der Waals surface area contributed by atoms with Gasteiger partial charge in [-0.2, -0.15) is 0 Å². The van der Waals surface area contributed by atoms with Gasteiger partial charge in [-0.05, 0) is 24.8 Å². The molecule has 0 spiro atoms. The molecule has 4 nitrogen and oxygen atoms in total. The van der Waals surface area contributed by atoms with Crippen LogP contribution in [0.4, 0.5) is 5.82 Å². The third-order valence-corrected chi connectivity index (χ3v) is 5.60. The maximum atomic E-state index is 5.79. The number of nitrogens with two attached hydrogens (primary N) is 1. The molecule has 1 aliphatic heterocycles. The highest BCUT2D eigenvalue weighted by molar-refractivity contribution is 7.15. The molecule has 2 aromatic heterocycles. The molecule has 0 radical (unpaired) electrons. The van der Waals surface area contributed by atoms with Crippen LogP contribution in [-0.2, 0) is 6.42 Å². The molecule has 3 heterocycles. The average Bonchev–Trinajstić information content (AvgIpc) is 3.03. The first-order valence-corrected chi connectivity index (χ1v) is 8.44. The Morgan fingerprint density at radius 1 is 1.40 bits per heavy atom. The lowest BCUT2D eigenvalue weighted by atomic mass is 9.78. The van der Waals surface area contributed by atoms with Crippen LogP contribution < -0.4 is 10.6 Å². The first-order valence-electron chi connectivity index (χ1n) is 7.56. The van der Waals surface area contributed by atoms with Crippen molar-refractivity contribution in [2.75, 3.05) is 24.5 Å². The van der Waals surface area contributed by atoms with Crippen LogP contribution in [0.15, 0.2) is 11.6 Å². The molecule has 110 valence electrons. The molecule has 5 heteroatoms. The van der Waals surface area contributed by atoms with E-state index in [4.69, 9.17) is 10.7 Å². The van der Waals surface area contributed by atoms with Crippen molar-refractivity contribution >= 4 is 22.1 Å². The topological polar surface area (TPSA) is 46.6 Å². The molecule has 0 aliphatic carbocycles. The van der Waals surface area contributed by atoms with E-state index in [2.05, 4.69) is 34.7 Å². The van der Waals surface area contributed by atoms with Gasteiger partial charge in [0.2, 0.25) is 0 Å². The summed E-state index contributed by atoms with van der Waals surface area (Å²) in [4.78, 5) is 8.39. The van der Waals surface area contributed by atoms with Crippen LogP contribution in [0.2, 0.25) is 0 Å². The zero-order valence-corrected chi connectivity index (χ0v) is 13.2. The van der Waals surface area contributed by atoms with E-state index >= 15 is 0 Å². The normalized spacial score (nSPS) is 18.9. The van der Waals surface area contributed by atoms with E-state index in [9.17, 15) is 0 Å². The minimum atomic E-state index is 0.516. The zero-order valence-electron chi connectivity index (χ0n) is 12.4. The Labute approximate surface area is 124 Å². The summed E-state index contributed by atoms with van der Waals surface area (Å²) in [6.07, 6.45) is 6.80. The Kier molecular flexibility index (Phi) is 3.73. The Hall–Kier alpha value is -1.07. The summed E-state index contributed by atoms with van der Waals surface area (Å²) >= 11 is 1.70. The molecule has 0 amide bonds. The molecule has 0 aromatic carbocycles. The van der Waals surface area contributed by atoms with Gasteiger partial charge in [-0.25, -0.2) is 4.98 Å². The van der Waals surface area contributed by atoms with Crippen LogP contribution >= 0.6 is 11.3 Å². The highest BCUT2D eigenvalue weighted by atomic mass is 32.1. The van der Waals surface area contributed by atoms with Gasteiger partial charge in [-0.3, -0.25) is 4.40 Å². The van der Waals surface area contributed by atoms with Gasteiger partial charge < -0.3 is 10.6 Å². The molecule has 1 fully saturated rings. The number of imidazole rings is 1. The van der Waals surface area contributed by atoms with Crippen molar-refractivity contribution in [2.24, 2.45) is 11.1 Å². The fourth-order valence-corrected chi connectivity index (χ4v) is 3.78. The summed E-state index contributed by atoms with van der Waals surface area (Å²) in [7, 11) is 0. The highest BCUT2D eigenvalue weighted by Gasteiger charge is 2.30. The minimum absolute atomic E-state index is 0.516. The van der Waals surface area contributed by atoms with E-state index in [1.807, 2.05) is 0 Å². The first-order chi connectivity index (χ1) is 9.67. The highest BCUT2D eigenvalue weighted by Crippen LogP contribution is 2.36. The number of piperidine rings is 1. The van der Waals surface area contributed by atoms with Gasteiger partial charge in [0.15, 0.2) is 10.8 Å². The molecule has 2 N–H and O–H groups in total. The number of rotatable bonds is 4. The lowest BCUT2D eigenvalue weighted by molar-refractivity contribution is 0.237. The fourth-order valence-electron chi connectivity index (χ4n) is 3.06. The van der Waals surface area contributed by atoms with E-state index in [0.717, 1.165) is 24.5 Å². The van der Waals surface area contributed by atoms with Crippen LogP contribution in [0.25, 0.3) is 4.96 Å². The Morgan fingerprint density at radius 2 is 2.15 bits per heavy atom.